The maximum Gasteiger partial charge on any atom is 0.343 e. The summed E-state index contributed by atoms with van der Waals surface area (Å²) in [7, 11) is 1.40. The minimum atomic E-state index is -0.529. The fourth-order valence-electron chi connectivity index (χ4n) is 2.83. The van der Waals surface area contributed by atoms with E-state index in [1.165, 1.54) is 18.4 Å². The lowest BCUT2D eigenvalue weighted by molar-refractivity contribution is 0.0525. The average Bonchev–Trinajstić information content (AvgIpc) is 3.10. The van der Waals surface area contributed by atoms with Gasteiger partial charge in [-0.15, -0.1) is 11.3 Å². The van der Waals surface area contributed by atoms with Gasteiger partial charge in [0.25, 0.3) is 5.56 Å². The summed E-state index contributed by atoms with van der Waals surface area (Å²) in [6.07, 6.45) is 0.716. The van der Waals surface area contributed by atoms with Crippen LogP contribution in [-0.2, 0) is 17.7 Å². The second kappa shape index (κ2) is 7.53. The minimum absolute atomic E-state index is 0.0430. The van der Waals surface area contributed by atoms with E-state index in [1.807, 2.05) is 41.8 Å². The van der Waals surface area contributed by atoms with Gasteiger partial charge in [-0.25, -0.2) is 4.79 Å². The number of aryl methyl sites for hydroxylation is 2. The predicted octanol–water partition coefficient (Wildman–Crippen LogP) is 3.49. The Morgan fingerprint density at radius 1 is 1.20 bits per heavy atom. The van der Waals surface area contributed by atoms with E-state index in [2.05, 4.69) is 0 Å². The van der Waals surface area contributed by atoms with Gasteiger partial charge in [0.15, 0.2) is 0 Å². The Balaban J connectivity index is 2.09. The normalized spacial score (nSPS) is 10.8. The molecule has 2 heterocycles. The molecular weight excluding hydrogens is 338 g/mol. The van der Waals surface area contributed by atoms with E-state index in [9.17, 15) is 9.59 Å². The first-order valence-electron chi connectivity index (χ1n) is 8.06. The molecule has 130 valence electrons. The van der Waals surface area contributed by atoms with Crippen LogP contribution in [-0.4, -0.2) is 24.3 Å². The van der Waals surface area contributed by atoms with Crippen molar-refractivity contribution in [1.29, 1.82) is 0 Å². The maximum absolute atomic E-state index is 12.9. The van der Waals surface area contributed by atoms with E-state index in [4.69, 9.17) is 9.47 Å². The van der Waals surface area contributed by atoms with Crippen LogP contribution < -0.4 is 10.3 Å². The molecule has 0 bridgehead atoms. The summed E-state index contributed by atoms with van der Waals surface area (Å²) in [6, 6.07) is 11.8. The van der Waals surface area contributed by atoms with E-state index in [-0.39, 0.29) is 23.5 Å². The number of fused-ring (bicyclic) bond motifs is 1. The lowest BCUT2D eigenvalue weighted by Gasteiger charge is -2.14. The van der Waals surface area contributed by atoms with Crippen molar-refractivity contribution in [3.63, 3.8) is 0 Å². The van der Waals surface area contributed by atoms with Crippen molar-refractivity contribution >= 4 is 27.5 Å². The Morgan fingerprint density at radius 3 is 2.64 bits per heavy atom. The number of methoxy groups -OCH3 is 1. The smallest absolute Gasteiger partial charge is 0.343 e. The summed E-state index contributed by atoms with van der Waals surface area (Å²) < 4.78 is 12.8. The molecule has 0 aliphatic rings. The molecule has 6 heteroatoms. The van der Waals surface area contributed by atoms with E-state index in [0.717, 1.165) is 11.1 Å². The third-order valence-corrected chi connectivity index (χ3v) is 4.90. The molecule has 0 aliphatic carbocycles. The van der Waals surface area contributed by atoms with Gasteiger partial charge in [-0.3, -0.25) is 4.79 Å². The van der Waals surface area contributed by atoms with Gasteiger partial charge in [0.05, 0.1) is 23.9 Å². The molecule has 0 atom stereocenters. The van der Waals surface area contributed by atoms with Crippen LogP contribution in [0, 0.1) is 0 Å². The van der Waals surface area contributed by atoms with Gasteiger partial charge in [0, 0.05) is 6.54 Å². The molecule has 0 N–H and O–H groups in total. The number of esters is 1. The number of hydrogen-bond donors (Lipinski definition) is 0. The van der Waals surface area contributed by atoms with Gasteiger partial charge in [0.1, 0.15) is 5.56 Å². The van der Waals surface area contributed by atoms with Gasteiger partial charge in [0.2, 0.25) is 5.75 Å². The summed E-state index contributed by atoms with van der Waals surface area (Å²) in [5.74, 6) is -0.486. The molecule has 0 fully saturated rings. The van der Waals surface area contributed by atoms with E-state index in [0.29, 0.717) is 17.7 Å². The summed E-state index contributed by atoms with van der Waals surface area (Å²) in [5, 5.41) is 1.87. The Morgan fingerprint density at radius 2 is 1.96 bits per heavy atom. The molecule has 0 saturated heterocycles. The fraction of sp³-hybridized carbons (Fsp3) is 0.263. The summed E-state index contributed by atoms with van der Waals surface area (Å²) in [6.45, 7) is 2.48. The first kappa shape index (κ1) is 17.2. The van der Waals surface area contributed by atoms with Gasteiger partial charge in [-0.05, 0) is 30.4 Å². The highest BCUT2D eigenvalue weighted by atomic mass is 32.1. The minimum Gasteiger partial charge on any atom is -0.490 e. The number of ether oxygens (including phenoxy) is 2. The Labute approximate surface area is 149 Å². The molecule has 0 aliphatic heterocycles. The fourth-order valence-corrected chi connectivity index (χ4v) is 3.76. The number of thiophene rings is 1. The van der Waals surface area contributed by atoms with Gasteiger partial charge >= 0.3 is 5.97 Å². The highest BCUT2D eigenvalue weighted by molar-refractivity contribution is 7.17. The number of nitrogens with zero attached hydrogens (tertiary/aromatic N) is 1. The van der Waals surface area contributed by atoms with Crippen molar-refractivity contribution in [1.82, 2.24) is 4.57 Å². The third kappa shape index (κ3) is 3.30. The number of carbonyl (C=O) groups is 1. The van der Waals surface area contributed by atoms with Crippen LogP contribution in [0.15, 0.2) is 46.6 Å². The molecule has 0 saturated carbocycles. The number of pyridine rings is 1. The van der Waals surface area contributed by atoms with Crippen LogP contribution in [0.5, 0.6) is 5.75 Å². The predicted molar refractivity (Wildman–Crippen MR) is 98.7 cm³/mol. The van der Waals surface area contributed by atoms with Crippen molar-refractivity contribution in [2.75, 3.05) is 13.7 Å². The molecule has 0 amide bonds. The highest BCUT2D eigenvalue weighted by Crippen LogP contribution is 2.30. The molecule has 1 aromatic carbocycles. The van der Waals surface area contributed by atoms with Crippen LogP contribution in [0.2, 0.25) is 0 Å². The van der Waals surface area contributed by atoms with Crippen LogP contribution in [0.3, 0.4) is 0 Å². The summed E-state index contributed by atoms with van der Waals surface area (Å²) in [4.78, 5) is 25.2. The molecule has 0 unspecified atom stereocenters. The SMILES string of the molecule is CCOC(=O)c1c(OC)c(=O)n(CCc2ccccc2)c2ccsc12. The van der Waals surface area contributed by atoms with Gasteiger partial charge < -0.3 is 14.0 Å². The zero-order valence-electron chi connectivity index (χ0n) is 14.2. The largest absolute Gasteiger partial charge is 0.490 e. The zero-order valence-corrected chi connectivity index (χ0v) is 15.0. The lowest BCUT2D eigenvalue weighted by Crippen LogP contribution is -2.25. The highest BCUT2D eigenvalue weighted by Gasteiger charge is 2.24. The first-order chi connectivity index (χ1) is 12.2. The number of rotatable bonds is 6. The second-order valence-corrected chi connectivity index (χ2v) is 6.37. The molecule has 0 spiro atoms. The molecule has 5 nitrogen and oxygen atoms in total. The van der Waals surface area contributed by atoms with Crippen molar-refractivity contribution in [3.8, 4) is 5.75 Å². The van der Waals surface area contributed by atoms with Crippen molar-refractivity contribution in [3.05, 3.63) is 63.3 Å². The quantitative estimate of drug-likeness (QED) is 0.634. The van der Waals surface area contributed by atoms with Crippen LogP contribution in [0.1, 0.15) is 22.8 Å². The summed E-state index contributed by atoms with van der Waals surface area (Å²) in [5.41, 5.74) is 1.78. The van der Waals surface area contributed by atoms with E-state index < -0.39 is 5.97 Å². The van der Waals surface area contributed by atoms with Crippen molar-refractivity contribution in [2.24, 2.45) is 0 Å². The standard InChI is InChI=1S/C19H19NO4S/c1-3-24-19(22)15-16(23-2)18(21)20(14-10-12-25-17(14)15)11-9-13-7-5-4-6-8-13/h4-8,10,12H,3,9,11H2,1-2H3. The average molecular weight is 357 g/mol. The van der Waals surface area contributed by atoms with Crippen LogP contribution >= 0.6 is 11.3 Å². The van der Waals surface area contributed by atoms with E-state index >= 15 is 0 Å². The monoisotopic (exact) mass is 357 g/mol. The Kier molecular flexibility index (Phi) is 5.19. The zero-order chi connectivity index (χ0) is 17.8. The van der Waals surface area contributed by atoms with Crippen molar-refractivity contribution in [2.45, 2.75) is 19.9 Å². The Hall–Kier alpha value is -2.60. The van der Waals surface area contributed by atoms with E-state index in [1.54, 1.807) is 11.5 Å². The van der Waals surface area contributed by atoms with Gasteiger partial charge in [-0.1, -0.05) is 30.3 Å². The number of benzene rings is 1. The number of carbonyl (C=O) groups excluding carboxylic acids is 1. The molecule has 0 radical (unpaired) electrons. The summed E-state index contributed by atoms with van der Waals surface area (Å²) >= 11 is 1.40. The van der Waals surface area contributed by atoms with Gasteiger partial charge in [-0.2, -0.15) is 0 Å². The molecule has 3 rings (SSSR count). The topological polar surface area (TPSA) is 57.5 Å². The number of aromatic nitrogens is 1. The van der Waals surface area contributed by atoms with Crippen LogP contribution in [0.4, 0.5) is 0 Å². The van der Waals surface area contributed by atoms with Crippen molar-refractivity contribution < 1.29 is 14.3 Å². The third-order valence-electron chi connectivity index (χ3n) is 3.98. The molecular formula is C19H19NO4S. The van der Waals surface area contributed by atoms with Crippen LogP contribution in [0.25, 0.3) is 10.2 Å². The molecule has 3 aromatic rings. The first-order valence-corrected chi connectivity index (χ1v) is 8.94. The molecule has 2 aromatic heterocycles. The lowest BCUT2D eigenvalue weighted by atomic mass is 10.1. The Bertz CT molecular complexity index is 943. The second-order valence-electron chi connectivity index (χ2n) is 5.46. The number of hydrogen-bond acceptors (Lipinski definition) is 5. The maximum atomic E-state index is 12.9. The molecule has 25 heavy (non-hydrogen) atoms.